The number of alkyl carbamates (subject to hydrolysis) is 1. The van der Waals surface area contributed by atoms with Crippen LogP contribution in [0.25, 0.3) is 0 Å². The van der Waals surface area contributed by atoms with E-state index in [9.17, 15) is 18.0 Å². The number of rotatable bonds is 7. The van der Waals surface area contributed by atoms with E-state index in [-0.39, 0.29) is 17.3 Å². The third-order valence-electron chi connectivity index (χ3n) is 4.98. The molecule has 1 fully saturated rings. The molecule has 0 spiro atoms. The van der Waals surface area contributed by atoms with Gasteiger partial charge < -0.3 is 15.4 Å². The molecule has 2 N–H and O–H groups in total. The molecule has 0 atom stereocenters. The predicted octanol–water partition coefficient (Wildman–Crippen LogP) is 3.10. The summed E-state index contributed by atoms with van der Waals surface area (Å²) in [7, 11) is -2.31. The molecule has 10 heteroatoms. The van der Waals surface area contributed by atoms with Gasteiger partial charge in [-0.1, -0.05) is 31.7 Å². The molecule has 170 valence electrons. The highest BCUT2D eigenvalue weighted by Gasteiger charge is 2.35. The number of nitrogens with zero attached hydrogens (tertiary/aromatic N) is 1. The molecule has 0 radical (unpaired) electrons. The summed E-state index contributed by atoms with van der Waals surface area (Å²) in [6.45, 7) is 5.36. The van der Waals surface area contributed by atoms with E-state index in [2.05, 4.69) is 10.6 Å². The zero-order valence-corrected chi connectivity index (χ0v) is 19.8. The molecule has 1 aromatic heterocycles. The van der Waals surface area contributed by atoms with Crippen LogP contribution in [0.1, 0.15) is 59.3 Å². The Balaban J connectivity index is 2.00. The predicted molar refractivity (Wildman–Crippen MR) is 117 cm³/mol. The Morgan fingerprint density at radius 2 is 1.83 bits per heavy atom. The molecule has 2 amide bonds. The number of carbonyl (C=O) groups is 2. The molecule has 0 unspecified atom stereocenters. The highest BCUT2D eigenvalue weighted by atomic mass is 32.2. The van der Waals surface area contributed by atoms with Crippen LogP contribution in [-0.2, 0) is 19.6 Å². The molecule has 2 rings (SSSR count). The van der Waals surface area contributed by atoms with E-state index in [1.165, 1.54) is 13.1 Å². The fraction of sp³-hybridized carbons (Fsp3) is 0.700. The Morgan fingerprint density at radius 3 is 2.37 bits per heavy atom. The largest absolute Gasteiger partial charge is 0.444 e. The van der Waals surface area contributed by atoms with Crippen molar-refractivity contribution >= 4 is 33.4 Å². The summed E-state index contributed by atoms with van der Waals surface area (Å²) in [5.41, 5.74) is -1.21. The third-order valence-corrected chi connectivity index (χ3v) is 8.15. The van der Waals surface area contributed by atoms with Gasteiger partial charge in [0.2, 0.25) is 5.91 Å². The normalized spacial score (nSPS) is 17.2. The van der Waals surface area contributed by atoms with Crippen molar-refractivity contribution < 1.29 is 22.7 Å². The summed E-state index contributed by atoms with van der Waals surface area (Å²) in [5.74, 6) is -0.410. The number of likely N-dealkylation sites (N-methyl/N-ethyl adjacent to an activating group) is 1. The first-order chi connectivity index (χ1) is 13.9. The zero-order chi connectivity index (χ0) is 22.4. The second kappa shape index (κ2) is 10.1. The quantitative estimate of drug-likeness (QED) is 0.610. The first-order valence-corrected chi connectivity index (χ1v) is 12.5. The molecule has 1 saturated carbocycles. The van der Waals surface area contributed by atoms with Crippen LogP contribution in [-0.4, -0.2) is 56.0 Å². The van der Waals surface area contributed by atoms with Gasteiger partial charge >= 0.3 is 6.09 Å². The van der Waals surface area contributed by atoms with Crippen molar-refractivity contribution in [3.05, 3.63) is 17.5 Å². The maximum atomic E-state index is 12.5. The van der Waals surface area contributed by atoms with Gasteiger partial charge in [0.15, 0.2) is 0 Å². The van der Waals surface area contributed by atoms with Gasteiger partial charge in [-0.3, -0.25) is 4.79 Å². The van der Waals surface area contributed by atoms with E-state index in [4.69, 9.17) is 4.74 Å². The Bertz CT molecular complexity index is 808. The molecule has 8 nitrogen and oxygen atoms in total. The lowest BCUT2D eigenvalue weighted by Crippen LogP contribution is -2.57. The number of hydrogen-bond donors (Lipinski definition) is 2. The van der Waals surface area contributed by atoms with Crippen molar-refractivity contribution in [2.24, 2.45) is 0 Å². The summed E-state index contributed by atoms with van der Waals surface area (Å²) >= 11 is 1.11. The van der Waals surface area contributed by atoms with Crippen LogP contribution in [0.2, 0.25) is 0 Å². The molecule has 0 aromatic carbocycles. The second-order valence-electron chi connectivity index (χ2n) is 8.79. The minimum absolute atomic E-state index is 0.199. The van der Waals surface area contributed by atoms with Crippen molar-refractivity contribution in [2.45, 2.75) is 74.6 Å². The first-order valence-electron chi connectivity index (χ1n) is 10.2. The van der Waals surface area contributed by atoms with E-state index >= 15 is 0 Å². The molecular formula is C20H33N3O5S2. The van der Waals surface area contributed by atoms with Crippen LogP contribution in [0.4, 0.5) is 4.79 Å². The average Bonchev–Trinajstić information content (AvgIpc) is 3.08. The molecule has 1 aliphatic rings. The summed E-state index contributed by atoms with van der Waals surface area (Å²) in [6, 6.07) is 3.17. The number of thiophene rings is 1. The van der Waals surface area contributed by atoms with Crippen molar-refractivity contribution in [1.29, 1.82) is 0 Å². The lowest BCUT2D eigenvalue weighted by Gasteiger charge is -2.35. The second-order valence-corrected chi connectivity index (χ2v) is 12.0. The van der Waals surface area contributed by atoms with Gasteiger partial charge in [-0.15, -0.1) is 11.3 Å². The maximum absolute atomic E-state index is 12.5. The van der Waals surface area contributed by atoms with Crippen molar-refractivity contribution in [3.8, 4) is 0 Å². The van der Waals surface area contributed by atoms with Crippen LogP contribution < -0.4 is 10.6 Å². The number of amides is 2. The summed E-state index contributed by atoms with van der Waals surface area (Å²) in [5, 5.41) is 7.49. The van der Waals surface area contributed by atoms with Crippen LogP contribution in [0.3, 0.4) is 0 Å². The first kappa shape index (κ1) is 24.6. The molecule has 1 aliphatic carbocycles. The third kappa shape index (κ3) is 7.24. The Labute approximate surface area is 183 Å². The van der Waals surface area contributed by atoms with Crippen LogP contribution >= 0.6 is 11.3 Å². The van der Waals surface area contributed by atoms with Gasteiger partial charge in [0, 0.05) is 13.6 Å². The summed E-state index contributed by atoms with van der Waals surface area (Å²) in [6.07, 6.45) is 5.00. The number of hydrogen-bond acceptors (Lipinski definition) is 6. The van der Waals surface area contributed by atoms with E-state index in [0.717, 1.165) is 54.2 Å². The van der Waals surface area contributed by atoms with Crippen molar-refractivity contribution in [2.75, 3.05) is 20.1 Å². The molecule has 1 aromatic rings. The van der Waals surface area contributed by atoms with Crippen molar-refractivity contribution in [3.63, 3.8) is 0 Å². The molecular weight excluding hydrogens is 426 g/mol. The molecule has 0 bridgehead atoms. The fourth-order valence-electron chi connectivity index (χ4n) is 3.45. The fourth-order valence-corrected chi connectivity index (χ4v) is 5.77. The van der Waals surface area contributed by atoms with E-state index < -0.39 is 33.2 Å². The van der Waals surface area contributed by atoms with Gasteiger partial charge in [-0.05, 0) is 45.1 Å². The zero-order valence-electron chi connectivity index (χ0n) is 18.2. The maximum Gasteiger partial charge on any atom is 0.408 e. The minimum atomic E-state index is -3.69. The number of ether oxygens (including phenoxy) is 1. The topological polar surface area (TPSA) is 105 Å². The highest BCUT2D eigenvalue weighted by Crippen LogP contribution is 2.27. The Hall–Kier alpha value is -1.65. The van der Waals surface area contributed by atoms with E-state index in [1.807, 2.05) is 0 Å². The monoisotopic (exact) mass is 459 g/mol. The van der Waals surface area contributed by atoms with Gasteiger partial charge in [0.05, 0.1) is 12.1 Å². The lowest BCUT2D eigenvalue weighted by molar-refractivity contribution is -0.121. The van der Waals surface area contributed by atoms with Gasteiger partial charge in [0.25, 0.3) is 10.0 Å². The average molecular weight is 460 g/mol. The van der Waals surface area contributed by atoms with Crippen LogP contribution in [0.5, 0.6) is 0 Å². The van der Waals surface area contributed by atoms with Gasteiger partial charge in [-0.2, -0.15) is 4.31 Å². The lowest BCUT2D eigenvalue weighted by atomic mass is 9.90. The molecule has 1 heterocycles. The van der Waals surface area contributed by atoms with Crippen molar-refractivity contribution in [1.82, 2.24) is 14.9 Å². The van der Waals surface area contributed by atoms with E-state index in [0.29, 0.717) is 0 Å². The van der Waals surface area contributed by atoms with Crippen LogP contribution in [0, 0.1) is 0 Å². The van der Waals surface area contributed by atoms with E-state index in [1.54, 1.807) is 32.2 Å². The smallest absolute Gasteiger partial charge is 0.408 e. The van der Waals surface area contributed by atoms with Gasteiger partial charge in [-0.25, -0.2) is 13.2 Å². The van der Waals surface area contributed by atoms with Crippen LogP contribution in [0.15, 0.2) is 21.7 Å². The van der Waals surface area contributed by atoms with Gasteiger partial charge in [0.1, 0.15) is 9.81 Å². The Kier molecular flexibility index (Phi) is 8.29. The SMILES string of the molecule is CN(CC(=O)NCC1(NC(=O)OC(C)(C)C)CCCCCC1)S(=O)(=O)c1cccs1. The number of carbonyl (C=O) groups excluding carboxylic acids is 2. The number of sulfonamides is 1. The summed E-state index contributed by atoms with van der Waals surface area (Å²) in [4.78, 5) is 24.9. The molecule has 0 aliphatic heterocycles. The standard InChI is InChI=1S/C20H33N3O5S2/c1-19(2,3)28-18(25)22-20(11-7-5-6-8-12-20)15-21-16(24)14-23(4)30(26,27)17-10-9-13-29-17/h9-10,13H,5-8,11-12,14-15H2,1-4H3,(H,21,24)(H,22,25). The molecule has 0 saturated heterocycles. The highest BCUT2D eigenvalue weighted by molar-refractivity contribution is 7.91. The molecule has 30 heavy (non-hydrogen) atoms. The summed E-state index contributed by atoms with van der Waals surface area (Å²) < 4.78 is 31.7. The minimum Gasteiger partial charge on any atom is -0.444 e. The number of nitrogens with one attached hydrogen (secondary N) is 2. The Morgan fingerprint density at radius 1 is 1.20 bits per heavy atom.